The van der Waals surface area contributed by atoms with E-state index in [9.17, 15) is 4.79 Å². The summed E-state index contributed by atoms with van der Waals surface area (Å²) in [7, 11) is 0. The van der Waals surface area contributed by atoms with Gasteiger partial charge in [0.2, 0.25) is 0 Å². The molecular formula is C14H24N4O. The van der Waals surface area contributed by atoms with Crippen LogP contribution in [0.3, 0.4) is 0 Å². The van der Waals surface area contributed by atoms with Gasteiger partial charge in [-0.15, -0.1) is 0 Å². The second kappa shape index (κ2) is 6.19. The van der Waals surface area contributed by atoms with Gasteiger partial charge in [-0.2, -0.15) is 0 Å². The molecule has 1 aliphatic heterocycles. The van der Waals surface area contributed by atoms with Crippen molar-refractivity contribution in [1.29, 1.82) is 0 Å². The van der Waals surface area contributed by atoms with Crippen LogP contribution in [0.1, 0.15) is 39.7 Å². The maximum Gasteiger partial charge on any atom is 0.293 e. The zero-order chi connectivity index (χ0) is 13.8. The van der Waals surface area contributed by atoms with E-state index in [1.807, 2.05) is 13.8 Å². The van der Waals surface area contributed by atoms with Gasteiger partial charge in [0.25, 0.3) is 5.56 Å². The molecule has 106 valence electrons. The fraction of sp³-hybridized carbons (Fsp3) is 0.714. The van der Waals surface area contributed by atoms with Gasteiger partial charge < -0.3 is 14.8 Å². The van der Waals surface area contributed by atoms with Crippen LogP contribution in [0.25, 0.3) is 0 Å². The number of hydrogen-bond donors (Lipinski definition) is 1. The van der Waals surface area contributed by atoms with Gasteiger partial charge in [-0.25, -0.2) is 4.98 Å². The SMILES string of the molecule is CCNCC1CCCN1c1nccn(C(C)C)c1=O. The van der Waals surface area contributed by atoms with Crippen molar-refractivity contribution in [2.24, 2.45) is 0 Å². The van der Waals surface area contributed by atoms with Crippen LogP contribution in [-0.2, 0) is 0 Å². The minimum absolute atomic E-state index is 0.0286. The highest BCUT2D eigenvalue weighted by Crippen LogP contribution is 2.20. The predicted molar refractivity (Wildman–Crippen MR) is 77.8 cm³/mol. The Morgan fingerprint density at radius 1 is 1.53 bits per heavy atom. The van der Waals surface area contributed by atoms with Gasteiger partial charge in [0, 0.05) is 37.6 Å². The van der Waals surface area contributed by atoms with E-state index >= 15 is 0 Å². The average Bonchev–Trinajstić information content (AvgIpc) is 2.84. The first-order valence-corrected chi connectivity index (χ1v) is 7.19. The highest BCUT2D eigenvalue weighted by molar-refractivity contribution is 5.39. The summed E-state index contributed by atoms with van der Waals surface area (Å²) in [4.78, 5) is 19.0. The summed E-state index contributed by atoms with van der Waals surface area (Å²) < 4.78 is 1.75. The Bertz CT molecular complexity index is 469. The van der Waals surface area contributed by atoms with E-state index < -0.39 is 0 Å². The van der Waals surface area contributed by atoms with Gasteiger partial charge in [-0.05, 0) is 33.2 Å². The number of aromatic nitrogens is 2. The summed E-state index contributed by atoms with van der Waals surface area (Å²) >= 11 is 0. The summed E-state index contributed by atoms with van der Waals surface area (Å²) in [5.41, 5.74) is 0.0286. The molecule has 1 aliphatic rings. The van der Waals surface area contributed by atoms with Crippen LogP contribution in [0.15, 0.2) is 17.2 Å². The van der Waals surface area contributed by atoms with Gasteiger partial charge in [0.15, 0.2) is 5.82 Å². The smallest absolute Gasteiger partial charge is 0.293 e. The molecule has 1 unspecified atom stereocenters. The fourth-order valence-corrected chi connectivity index (χ4v) is 2.66. The van der Waals surface area contributed by atoms with Crippen molar-refractivity contribution in [3.05, 3.63) is 22.7 Å². The minimum Gasteiger partial charge on any atom is -0.348 e. The largest absolute Gasteiger partial charge is 0.348 e. The van der Waals surface area contributed by atoms with Gasteiger partial charge in [-0.3, -0.25) is 4.79 Å². The number of nitrogens with one attached hydrogen (secondary N) is 1. The lowest BCUT2D eigenvalue weighted by atomic mass is 10.2. The third-order valence-corrected chi connectivity index (χ3v) is 3.69. The number of likely N-dealkylation sites (N-methyl/N-ethyl adjacent to an activating group) is 1. The van der Waals surface area contributed by atoms with Crippen LogP contribution in [-0.4, -0.2) is 35.2 Å². The maximum atomic E-state index is 12.5. The van der Waals surface area contributed by atoms with Crippen molar-refractivity contribution in [2.75, 3.05) is 24.5 Å². The first-order chi connectivity index (χ1) is 9.15. The second-order valence-corrected chi connectivity index (χ2v) is 5.35. The molecule has 5 heteroatoms. The molecule has 0 saturated carbocycles. The summed E-state index contributed by atoms with van der Waals surface area (Å²) in [6, 6.07) is 0.562. The highest BCUT2D eigenvalue weighted by Gasteiger charge is 2.27. The molecule has 0 aromatic carbocycles. The Hall–Kier alpha value is -1.36. The average molecular weight is 264 g/mol. The number of rotatable bonds is 5. The minimum atomic E-state index is 0.0286. The van der Waals surface area contributed by atoms with E-state index in [0.29, 0.717) is 11.9 Å². The van der Waals surface area contributed by atoms with Crippen molar-refractivity contribution in [3.63, 3.8) is 0 Å². The third kappa shape index (κ3) is 2.97. The standard InChI is InChI=1S/C14H24N4O/c1-4-15-10-12-6-5-8-18(12)13-14(19)17(11(2)3)9-7-16-13/h7,9,11-12,15H,4-6,8,10H2,1-3H3. The molecule has 2 rings (SSSR count). The highest BCUT2D eigenvalue weighted by atomic mass is 16.1. The second-order valence-electron chi connectivity index (χ2n) is 5.35. The van der Waals surface area contributed by atoms with Crippen molar-refractivity contribution < 1.29 is 0 Å². The van der Waals surface area contributed by atoms with Crippen LogP contribution in [0.4, 0.5) is 5.82 Å². The van der Waals surface area contributed by atoms with Crippen molar-refractivity contribution in [1.82, 2.24) is 14.9 Å². The van der Waals surface area contributed by atoms with Crippen LogP contribution in [0.2, 0.25) is 0 Å². The molecule has 1 atom stereocenters. The van der Waals surface area contributed by atoms with Crippen LogP contribution in [0, 0.1) is 0 Å². The lowest BCUT2D eigenvalue weighted by Gasteiger charge is -2.26. The summed E-state index contributed by atoms with van der Waals surface area (Å²) in [5, 5.41) is 3.37. The van der Waals surface area contributed by atoms with Crippen molar-refractivity contribution >= 4 is 5.82 Å². The first-order valence-electron chi connectivity index (χ1n) is 7.19. The molecule has 19 heavy (non-hydrogen) atoms. The quantitative estimate of drug-likeness (QED) is 0.873. The molecule has 1 saturated heterocycles. The topological polar surface area (TPSA) is 50.2 Å². The molecule has 5 nitrogen and oxygen atoms in total. The summed E-state index contributed by atoms with van der Waals surface area (Å²) in [6.45, 7) is 8.96. The molecule has 1 N–H and O–H groups in total. The van der Waals surface area contributed by atoms with Crippen molar-refractivity contribution in [3.8, 4) is 0 Å². The molecule has 0 amide bonds. The molecule has 1 aromatic rings. The van der Waals surface area contributed by atoms with E-state index in [-0.39, 0.29) is 11.6 Å². The first kappa shape index (κ1) is 14.1. The van der Waals surface area contributed by atoms with Crippen LogP contribution >= 0.6 is 0 Å². The Morgan fingerprint density at radius 2 is 2.32 bits per heavy atom. The fourth-order valence-electron chi connectivity index (χ4n) is 2.66. The Morgan fingerprint density at radius 3 is 3.00 bits per heavy atom. The zero-order valence-electron chi connectivity index (χ0n) is 12.1. The zero-order valence-corrected chi connectivity index (χ0v) is 12.1. The lowest BCUT2D eigenvalue weighted by molar-refractivity contribution is 0.557. The van der Waals surface area contributed by atoms with Gasteiger partial charge in [0.1, 0.15) is 0 Å². The molecular weight excluding hydrogens is 240 g/mol. The number of anilines is 1. The Kier molecular flexibility index (Phi) is 4.58. The van der Waals surface area contributed by atoms with E-state index in [0.717, 1.165) is 32.5 Å². The number of hydrogen-bond acceptors (Lipinski definition) is 4. The maximum absolute atomic E-state index is 12.5. The molecule has 2 heterocycles. The predicted octanol–water partition coefficient (Wildman–Crippen LogP) is 1.40. The van der Waals surface area contributed by atoms with E-state index in [4.69, 9.17) is 0 Å². The summed E-state index contributed by atoms with van der Waals surface area (Å²) in [5.74, 6) is 0.608. The van der Waals surface area contributed by atoms with Crippen LogP contribution < -0.4 is 15.8 Å². The van der Waals surface area contributed by atoms with E-state index in [1.165, 1.54) is 0 Å². The third-order valence-electron chi connectivity index (χ3n) is 3.69. The normalized spacial score (nSPS) is 19.4. The Labute approximate surface area is 114 Å². The van der Waals surface area contributed by atoms with E-state index in [1.54, 1.807) is 17.0 Å². The molecule has 1 fully saturated rings. The van der Waals surface area contributed by atoms with Crippen molar-refractivity contribution in [2.45, 2.75) is 45.7 Å². The van der Waals surface area contributed by atoms with Gasteiger partial charge >= 0.3 is 0 Å². The number of nitrogens with zero attached hydrogens (tertiary/aromatic N) is 3. The van der Waals surface area contributed by atoms with Gasteiger partial charge in [-0.1, -0.05) is 6.92 Å². The Balaban J connectivity index is 2.26. The van der Waals surface area contributed by atoms with Gasteiger partial charge in [0.05, 0.1) is 0 Å². The summed E-state index contributed by atoms with van der Waals surface area (Å²) in [6.07, 6.45) is 5.77. The molecule has 1 aromatic heterocycles. The lowest BCUT2D eigenvalue weighted by Crippen LogP contribution is -2.42. The molecule has 0 aliphatic carbocycles. The van der Waals surface area contributed by atoms with E-state index in [2.05, 4.69) is 22.1 Å². The molecule has 0 spiro atoms. The monoisotopic (exact) mass is 264 g/mol. The van der Waals surface area contributed by atoms with Crippen LogP contribution in [0.5, 0.6) is 0 Å². The molecule has 0 bridgehead atoms. The molecule has 0 radical (unpaired) electrons.